The average Bonchev–Trinajstić information content (AvgIpc) is 2.64. The van der Waals surface area contributed by atoms with Crippen molar-refractivity contribution in [3.63, 3.8) is 0 Å². The summed E-state index contributed by atoms with van der Waals surface area (Å²) in [4.78, 5) is 22.3. The molecule has 0 saturated heterocycles. The summed E-state index contributed by atoms with van der Waals surface area (Å²) < 4.78 is 38.3. The first-order chi connectivity index (χ1) is 14.1. The summed E-state index contributed by atoms with van der Waals surface area (Å²) in [6, 6.07) is 6.13. The zero-order valence-electron chi connectivity index (χ0n) is 15.6. The molecule has 0 aliphatic carbocycles. The predicted molar refractivity (Wildman–Crippen MR) is 105 cm³/mol. The molecule has 12 heteroatoms. The zero-order chi connectivity index (χ0) is 22.1. The molecule has 1 aromatic carbocycles. The summed E-state index contributed by atoms with van der Waals surface area (Å²) in [6.45, 7) is 3.74. The molecule has 3 rings (SSSR count). The lowest BCUT2D eigenvalue weighted by molar-refractivity contribution is -0.383. The number of rotatable bonds is 5. The van der Waals surface area contributed by atoms with E-state index in [-0.39, 0.29) is 22.5 Å². The van der Waals surface area contributed by atoms with Gasteiger partial charge in [0.05, 0.1) is 15.5 Å². The van der Waals surface area contributed by atoms with Crippen molar-refractivity contribution in [3.8, 4) is 0 Å². The summed E-state index contributed by atoms with van der Waals surface area (Å²) in [6.07, 6.45) is -2.99. The lowest BCUT2D eigenvalue weighted by Gasteiger charge is -2.13. The lowest BCUT2D eigenvalue weighted by Crippen LogP contribution is -2.09. The van der Waals surface area contributed by atoms with Crippen LogP contribution in [0.4, 0.5) is 42.0 Å². The first kappa shape index (κ1) is 21.2. The topological polar surface area (TPSA) is 106 Å². The smallest absolute Gasteiger partial charge is 0.334 e. The Kier molecular flexibility index (Phi) is 5.74. The molecule has 0 aliphatic rings. The van der Waals surface area contributed by atoms with Crippen LogP contribution in [0.3, 0.4) is 0 Å². The van der Waals surface area contributed by atoms with Gasteiger partial charge < -0.3 is 10.6 Å². The Hall–Kier alpha value is -3.47. The Morgan fingerprint density at radius 3 is 2.27 bits per heavy atom. The van der Waals surface area contributed by atoms with Crippen molar-refractivity contribution >= 4 is 40.4 Å². The van der Waals surface area contributed by atoms with Crippen LogP contribution in [0.15, 0.2) is 36.8 Å². The van der Waals surface area contributed by atoms with Gasteiger partial charge in [-0.05, 0) is 31.5 Å². The van der Waals surface area contributed by atoms with Gasteiger partial charge in [0, 0.05) is 11.9 Å². The maximum absolute atomic E-state index is 12.8. The quantitative estimate of drug-likeness (QED) is 0.397. The van der Waals surface area contributed by atoms with Crippen LogP contribution in [0.25, 0.3) is 0 Å². The molecule has 0 unspecified atom stereocenters. The third-order valence-corrected chi connectivity index (χ3v) is 4.33. The number of aromatic nitrogens is 3. The fraction of sp³-hybridized carbons (Fsp3) is 0.167. The molecule has 0 saturated carbocycles. The van der Waals surface area contributed by atoms with E-state index >= 15 is 0 Å². The van der Waals surface area contributed by atoms with Gasteiger partial charge in [-0.3, -0.25) is 10.1 Å². The number of aryl methyl sites for hydroxylation is 2. The minimum atomic E-state index is -4.63. The lowest BCUT2D eigenvalue weighted by atomic mass is 10.1. The number of hydrogen-bond donors (Lipinski definition) is 2. The predicted octanol–water partition coefficient (Wildman–Crippen LogP) is 5.56. The highest BCUT2D eigenvalue weighted by Gasteiger charge is 2.32. The normalized spacial score (nSPS) is 11.3. The van der Waals surface area contributed by atoms with E-state index in [2.05, 4.69) is 25.6 Å². The number of alkyl halides is 3. The summed E-state index contributed by atoms with van der Waals surface area (Å²) in [5.41, 5.74) is 0.882. The van der Waals surface area contributed by atoms with Crippen molar-refractivity contribution in [2.75, 3.05) is 10.6 Å². The minimum absolute atomic E-state index is 0.104. The fourth-order valence-electron chi connectivity index (χ4n) is 2.61. The minimum Gasteiger partial charge on any atom is -0.334 e. The Labute approximate surface area is 173 Å². The molecule has 0 fully saturated rings. The van der Waals surface area contributed by atoms with Gasteiger partial charge in [0.15, 0.2) is 5.82 Å². The van der Waals surface area contributed by atoms with Crippen molar-refractivity contribution in [2.24, 2.45) is 0 Å². The van der Waals surface area contributed by atoms with Crippen molar-refractivity contribution in [1.29, 1.82) is 0 Å². The van der Waals surface area contributed by atoms with E-state index < -0.39 is 22.4 Å². The third kappa shape index (κ3) is 4.57. The number of halogens is 4. The molecular weight excluding hydrogens is 425 g/mol. The van der Waals surface area contributed by atoms with Crippen LogP contribution in [0, 0.1) is 24.0 Å². The van der Waals surface area contributed by atoms with Gasteiger partial charge >= 0.3 is 11.9 Å². The van der Waals surface area contributed by atoms with E-state index in [1.54, 1.807) is 6.07 Å². The number of nitrogens with one attached hydrogen (secondary N) is 2. The summed E-state index contributed by atoms with van der Waals surface area (Å²) in [5, 5.41) is 16.7. The zero-order valence-corrected chi connectivity index (χ0v) is 16.3. The summed E-state index contributed by atoms with van der Waals surface area (Å²) >= 11 is 5.87. The van der Waals surface area contributed by atoms with Gasteiger partial charge in [-0.1, -0.05) is 29.3 Å². The van der Waals surface area contributed by atoms with Crippen LogP contribution in [-0.2, 0) is 6.18 Å². The Balaban J connectivity index is 1.98. The number of benzene rings is 1. The molecule has 0 bridgehead atoms. The largest absolute Gasteiger partial charge is 0.417 e. The Bertz CT molecular complexity index is 1120. The van der Waals surface area contributed by atoms with E-state index in [0.29, 0.717) is 18.0 Å². The van der Waals surface area contributed by atoms with Crippen molar-refractivity contribution in [2.45, 2.75) is 20.0 Å². The molecule has 2 N–H and O–H groups in total. The third-order valence-electron chi connectivity index (χ3n) is 4.05. The number of nitro groups is 1. The summed E-state index contributed by atoms with van der Waals surface area (Å²) in [7, 11) is 0. The Morgan fingerprint density at radius 1 is 1.03 bits per heavy atom. The van der Waals surface area contributed by atoms with Crippen LogP contribution >= 0.6 is 11.6 Å². The number of hydrogen-bond acceptors (Lipinski definition) is 7. The second-order valence-corrected chi connectivity index (χ2v) is 6.70. The van der Waals surface area contributed by atoms with Gasteiger partial charge in [0.25, 0.3) is 0 Å². The molecule has 0 amide bonds. The monoisotopic (exact) mass is 438 g/mol. The second-order valence-electron chi connectivity index (χ2n) is 6.30. The maximum Gasteiger partial charge on any atom is 0.417 e. The first-order valence-electron chi connectivity index (χ1n) is 8.39. The van der Waals surface area contributed by atoms with Gasteiger partial charge in [-0.25, -0.2) is 15.0 Å². The van der Waals surface area contributed by atoms with Crippen LogP contribution < -0.4 is 10.6 Å². The maximum atomic E-state index is 12.8. The van der Waals surface area contributed by atoms with Gasteiger partial charge in [0.1, 0.15) is 6.33 Å². The Morgan fingerprint density at radius 2 is 1.70 bits per heavy atom. The highest BCUT2D eigenvalue weighted by molar-refractivity contribution is 6.33. The molecule has 2 heterocycles. The van der Waals surface area contributed by atoms with Gasteiger partial charge in [-0.15, -0.1) is 0 Å². The van der Waals surface area contributed by atoms with Crippen molar-refractivity contribution < 1.29 is 18.1 Å². The molecule has 0 spiro atoms. The highest BCUT2D eigenvalue weighted by atomic mass is 35.5. The SMILES string of the molecule is Cc1ccc(Nc2ncnc(Nc3ncc(C(F)(F)F)cc3Cl)c2[N+](=O)[O-])c(C)c1. The molecule has 156 valence electrons. The molecule has 3 aromatic rings. The van der Waals surface area contributed by atoms with Crippen molar-refractivity contribution in [1.82, 2.24) is 15.0 Å². The van der Waals surface area contributed by atoms with Gasteiger partial charge in [-0.2, -0.15) is 13.2 Å². The van der Waals surface area contributed by atoms with Gasteiger partial charge in [0.2, 0.25) is 11.6 Å². The van der Waals surface area contributed by atoms with E-state index in [1.165, 1.54) is 0 Å². The summed E-state index contributed by atoms with van der Waals surface area (Å²) in [5.74, 6) is -0.604. The molecule has 0 atom stereocenters. The average molecular weight is 439 g/mol. The molecule has 30 heavy (non-hydrogen) atoms. The molecular formula is C18H14ClF3N6O2. The second kappa shape index (κ2) is 8.11. The fourth-order valence-corrected chi connectivity index (χ4v) is 2.83. The van der Waals surface area contributed by atoms with Crippen LogP contribution in [-0.4, -0.2) is 19.9 Å². The highest BCUT2D eigenvalue weighted by Crippen LogP contribution is 2.36. The van der Waals surface area contributed by atoms with E-state index in [9.17, 15) is 23.3 Å². The molecule has 8 nitrogen and oxygen atoms in total. The van der Waals surface area contributed by atoms with Crippen molar-refractivity contribution in [3.05, 3.63) is 68.6 Å². The van der Waals surface area contributed by atoms with Crippen LogP contribution in [0.2, 0.25) is 5.02 Å². The number of nitrogens with zero attached hydrogens (tertiary/aromatic N) is 4. The van der Waals surface area contributed by atoms with E-state index in [4.69, 9.17) is 11.6 Å². The van der Waals surface area contributed by atoms with E-state index in [1.807, 2.05) is 26.0 Å². The number of pyridine rings is 1. The number of anilines is 4. The molecule has 0 aliphatic heterocycles. The first-order valence-corrected chi connectivity index (χ1v) is 8.77. The molecule has 0 radical (unpaired) electrons. The van der Waals surface area contributed by atoms with Crippen LogP contribution in [0.1, 0.15) is 16.7 Å². The van der Waals surface area contributed by atoms with Crippen LogP contribution in [0.5, 0.6) is 0 Å². The standard InChI is InChI=1S/C18H14ClF3N6O2/c1-9-3-4-13(10(2)5-9)26-16-14(28(29)30)17(25-8-24-16)27-15-12(19)6-11(7-23-15)18(20,21)22/h3-8H,1-2H3,(H2,23,24,25,26,27). The van der Waals surface area contributed by atoms with E-state index in [0.717, 1.165) is 17.5 Å². The molecule has 2 aromatic heterocycles.